The van der Waals surface area contributed by atoms with Gasteiger partial charge in [-0.1, -0.05) is 0 Å². The number of anilines is 1. The normalized spacial score (nSPS) is 20.3. The van der Waals surface area contributed by atoms with Gasteiger partial charge in [-0.15, -0.1) is 0 Å². The average molecular weight is 389 g/mol. The van der Waals surface area contributed by atoms with Gasteiger partial charge in [0.2, 0.25) is 5.43 Å². The molecule has 0 radical (unpaired) electrons. The lowest BCUT2D eigenvalue weighted by Crippen LogP contribution is -2.26. The van der Waals surface area contributed by atoms with Crippen molar-refractivity contribution in [3.8, 4) is 0 Å². The molecule has 3 N–H and O–H groups in total. The van der Waals surface area contributed by atoms with Gasteiger partial charge in [-0.2, -0.15) is 5.10 Å². The fourth-order valence-electron chi connectivity index (χ4n) is 3.73. The van der Waals surface area contributed by atoms with Crippen LogP contribution in [0, 0.1) is 11.7 Å². The molecule has 2 fully saturated rings. The number of aliphatic hydroxyl groups is 1. The Morgan fingerprint density at radius 1 is 1.36 bits per heavy atom. The number of fused-ring (bicyclic) bond motifs is 2. The standard InChI is InChI=1S/C17H16FN5O3.CH4O/c18-12-3-10-14(24)11(17(25)26)6-23(9-1-2-9)15(10)20-16(12)22-5-8-4-19-21-13(8)7-22;1-2/h3,6,8-9,19H,1-2,4-5,7H2,(H,25,26);2H,1H3. The number of aromatic carboxylic acids is 1. The Labute approximate surface area is 159 Å². The van der Waals surface area contributed by atoms with Gasteiger partial charge >= 0.3 is 5.97 Å². The highest BCUT2D eigenvalue weighted by molar-refractivity contribution is 5.96. The van der Waals surface area contributed by atoms with Gasteiger partial charge in [0.15, 0.2) is 11.6 Å². The largest absolute Gasteiger partial charge is 0.477 e. The smallest absolute Gasteiger partial charge is 0.341 e. The molecule has 148 valence electrons. The van der Waals surface area contributed by atoms with E-state index in [1.807, 2.05) is 4.90 Å². The average Bonchev–Trinajstić information content (AvgIpc) is 3.30. The Bertz CT molecular complexity index is 1050. The number of nitrogens with one attached hydrogen (secondary N) is 1. The number of hydrogen-bond acceptors (Lipinski definition) is 7. The molecule has 3 aliphatic rings. The van der Waals surface area contributed by atoms with Crippen LogP contribution in [0.15, 0.2) is 22.2 Å². The van der Waals surface area contributed by atoms with Gasteiger partial charge in [0, 0.05) is 38.4 Å². The molecule has 5 rings (SSSR count). The second-order valence-electron chi connectivity index (χ2n) is 7.02. The molecule has 1 unspecified atom stereocenters. The van der Waals surface area contributed by atoms with Crippen LogP contribution >= 0.6 is 0 Å². The first kappa shape index (κ1) is 18.4. The molecule has 1 saturated carbocycles. The molecule has 2 aliphatic heterocycles. The number of aromatic nitrogens is 2. The van der Waals surface area contributed by atoms with E-state index in [0.717, 1.165) is 38.3 Å². The van der Waals surface area contributed by atoms with Crippen LogP contribution in [0.1, 0.15) is 29.2 Å². The van der Waals surface area contributed by atoms with Crippen LogP contribution in [0.5, 0.6) is 0 Å². The van der Waals surface area contributed by atoms with E-state index in [4.69, 9.17) is 5.11 Å². The van der Waals surface area contributed by atoms with Crippen molar-refractivity contribution in [2.24, 2.45) is 11.0 Å². The SMILES string of the molecule is CO.O=C(O)c1cn(C2CC2)c2nc(N3CC4=NNCC4C3)c(F)cc2c1=O. The molecule has 2 aromatic rings. The third-order valence-electron chi connectivity index (χ3n) is 5.23. The van der Waals surface area contributed by atoms with Crippen molar-refractivity contribution in [2.45, 2.75) is 18.9 Å². The monoisotopic (exact) mass is 389 g/mol. The van der Waals surface area contributed by atoms with Crippen LogP contribution in [-0.4, -0.2) is 58.2 Å². The van der Waals surface area contributed by atoms with Crippen LogP contribution in [0.4, 0.5) is 10.2 Å². The van der Waals surface area contributed by atoms with E-state index < -0.39 is 17.2 Å². The summed E-state index contributed by atoms with van der Waals surface area (Å²) in [5, 5.41) is 20.5. The van der Waals surface area contributed by atoms with E-state index in [-0.39, 0.29) is 28.7 Å². The predicted molar refractivity (Wildman–Crippen MR) is 100 cm³/mol. The van der Waals surface area contributed by atoms with Crippen LogP contribution in [-0.2, 0) is 0 Å². The molecule has 10 heteroatoms. The summed E-state index contributed by atoms with van der Waals surface area (Å²) in [6.45, 7) is 1.84. The molecule has 1 saturated heterocycles. The lowest BCUT2D eigenvalue weighted by atomic mass is 10.1. The first-order chi connectivity index (χ1) is 13.5. The molecule has 4 heterocycles. The Balaban J connectivity index is 0.000000932. The van der Waals surface area contributed by atoms with Gasteiger partial charge in [-0.3, -0.25) is 4.79 Å². The predicted octanol–water partition coefficient (Wildman–Crippen LogP) is 0.573. The fourth-order valence-corrected chi connectivity index (χ4v) is 3.73. The quantitative estimate of drug-likeness (QED) is 0.702. The van der Waals surface area contributed by atoms with Crippen LogP contribution in [0.3, 0.4) is 0 Å². The first-order valence-corrected chi connectivity index (χ1v) is 9.00. The van der Waals surface area contributed by atoms with Crippen molar-refractivity contribution in [3.05, 3.63) is 33.9 Å². The summed E-state index contributed by atoms with van der Waals surface area (Å²) in [6, 6.07) is 1.23. The number of rotatable bonds is 3. The van der Waals surface area contributed by atoms with E-state index in [1.54, 1.807) is 4.57 Å². The zero-order valence-corrected chi connectivity index (χ0v) is 15.2. The number of hydrogen-bond donors (Lipinski definition) is 3. The van der Waals surface area contributed by atoms with Crippen molar-refractivity contribution in [2.75, 3.05) is 31.6 Å². The number of carboxylic acids is 1. The summed E-state index contributed by atoms with van der Waals surface area (Å²) in [6.07, 6.45) is 3.12. The maximum absolute atomic E-state index is 14.8. The number of carbonyl (C=O) groups is 1. The highest BCUT2D eigenvalue weighted by Crippen LogP contribution is 2.37. The third kappa shape index (κ3) is 2.89. The van der Waals surface area contributed by atoms with Crippen molar-refractivity contribution in [1.82, 2.24) is 15.0 Å². The minimum atomic E-state index is -1.31. The lowest BCUT2D eigenvalue weighted by molar-refractivity contribution is 0.0695. The molecule has 0 spiro atoms. The summed E-state index contributed by atoms with van der Waals surface area (Å²) in [4.78, 5) is 30.1. The van der Waals surface area contributed by atoms with E-state index in [1.165, 1.54) is 6.20 Å². The minimum Gasteiger partial charge on any atom is -0.477 e. The number of aliphatic hydroxyl groups excluding tert-OH is 1. The van der Waals surface area contributed by atoms with Gasteiger partial charge in [0.1, 0.15) is 11.2 Å². The number of hydrazone groups is 1. The van der Waals surface area contributed by atoms with E-state index in [0.29, 0.717) is 18.7 Å². The summed E-state index contributed by atoms with van der Waals surface area (Å²) in [5.41, 5.74) is 3.21. The molecule has 0 bridgehead atoms. The molecule has 0 amide bonds. The van der Waals surface area contributed by atoms with Crippen LogP contribution in [0.25, 0.3) is 11.0 Å². The summed E-state index contributed by atoms with van der Waals surface area (Å²) >= 11 is 0. The second kappa shape index (κ2) is 6.86. The summed E-state index contributed by atoms with van der Waals surface area (Å²) < 4.78 is 16.5. The maximum atomic E-state index is 14.8. The van der Waals surface area contributed by atoms with Gasteiger partial charge in [0.25, 0.3) is 0 Å². The van der Waals surface area contributed by atoms with Gasteiger partial charge in [0.05, 0.1) is 17.6 Å². The third-order valence-corrected chi connectivity index (χ3v) is 5.23. The van der Waals surface area contributed by atoms with Crippen molar-refractivity contribution < 1.29 is 19.4 Å². The highest BCUT2D eigenvalue weighted by atomic mass is 19.1. The molecule has 1 aliphatic carbocycles. The van der Waals surface area contributed by atoms with E-state index in [2.05, 4.69) is 15.5 Å². The van der Waals surface area contributed by atoms with Gasteiger partial charge < -0.3 is 25.1 Å². The van der Waals surface area contributed by atoms with Crippen molar-refractivity contribution >= 4 is 28.5 Å². The van der Waals surface area contributed by atoms with Crippen LogP contribution < -0.4 is 15.8 Å². The van der Waals surface area contributed by atoms with Gasteiger partial charge in [-0.05, 0) is 18.9 Å². The molecule has 0 aromatic carbocycles. The van der Waals surface area contributed by atoms with Crippen molar-refractivity contribution in [3.63, 3.8) is 0 Å². The number of pyridine rings is 2. The first-order valence-electron chi connectivity index (χ1n) is 9.00. The molecule has 9 nitrogen and oxygen atoms in total. The topological polar surface area (TPSA) is 120 Å². The Kier molecular flexibility index (Phi) is 4.50. The van der Waals surface area contributed by atoms with Crippen LogP contribution in [0.2, 0.25) is 0 Å². The molecular formula is C18H20FN5O4. The number of carboxylic acid groups (broad SMARTS) is 1. The van der Waals surface area contributed by atoms with E-state index in [9.17, 15) is 19.1 Å². The zero-order chi connectivity index (χ0) is 20.0. The molecule has 28 heavy (non-hydrogen) atoms. The van der Waals surface area contributed by atoms with Gasteiger partial charge in [-0.25, -0.2) is 14.2 Å². The Morgan fingerprint density at radius 3 is 2.75 bits per heavy atom. The minimum absolute atomic E-state index is 0.0106. The second-order valence-corrected chi connectivity index (χ2v) is 7.02. The number of nitrogens with zero attached hydrogens (tertiary/aromatic N) is 4. The molecule has 1 atom stereocenters. The highest BCUT2D eigenvalue weighted by Gasteiger charge is 2.35. The van der Waals surface area contributed by atoms with E-state index >= 15 is 0 Å². The zero-order valence-electron chi connectivity index (χ0n) is 15.2. The number of halogens is 1. The summed E-state index contributed by atoms with van der Waals surface area (Å²) in [7, 11) is 1.00. The Morgan fingerprint density at radius 2 is 2.11 bits per heavy atom. The fraction of sp³-hybridized carbons (Fsp3) is 0.444. The summed E-state index contributed by atoms with van der Waals surface area (Å²) in [5.74, 6) is -1.50. The Hall–Kier alpha value is -3.01. The molecular weight excluding hydrogens is 369 g/mol. The lowest BCUT2D eigenvalue weighted by Gasteiger charge is -2.19. The maximum Gasteiger partial charge on any atom is 0.341 e. The van der Waals surface area contributed by atoms with Crippen molar-refractivity contribution in [1.29, 1.82) is 0 Å². The molecule has 2 aromatic heterocycles.